The van der Waals surface area contributed by atoms with Gasteiger partial charge in [0.2, 0.25) is 23.6 Å². The second-order valence-electron chi connectivity index (χ2n) is 26.3. The molecule has 1 aromatic heterocycles. The number of amides is 4. The number of piperidine rings is 3. The quantitative estimate of drug-likeness (QED) is 0.0969. The lowest BCUT2D eigenvalue weighted by Crippen LogP contribution is -2.44. The Morgan fingerprint density at radius 3 is 1.20 bits per heavy atom. The number of aromatic nitrogens is 1. The van der Waals surface area contributed by atoms with Crippen molar-refractivity contribution in [2.75, 3.05) is 126 Å². The minimum Gasteiger partial charge on any atom is -0.466 e. The second-order valence-corrected chi connectivity index (χ2v) is 26.3. The summed E-state index contributed by atoms with van der Waals surface area (Å²) in [5.41, 5.74) is 12.5. The normalized spacial score (nSPS) is 16.5. The monoisotopic (exact) mass is 1310 g/mol. The molecule has 540 valence electrons. The van der Waals surface area contributed by atoms with Crippen LogP contribution in [0.5, 0.6) is 0 Å². The summed E-state index contributed by atoms with van der Waals surface area (Å²) < 4.78 is 47.1. The van der Waals surface area contributed by atoms with Crippen molar-refractivity contribution in [3.63, 3.8) is 0 Å². The van der Waals surface area contributed by atoms with Crippen LogP contribution in [0.15, 0.2) is 24.4 Å². The van der Waals surface area contributed by atoms with Gasteiger partial charge in [0.25, 0.3) is 0 Å². The molecule has 92 heavy (non-hydrogen) atoms. The smallest absolute Gasteiger partial charge is 0.308 e. The van der Waals surface area contributed by atoms with E-state index in [1.165, 1.54) is 25.7 Å². The van der Waals surface area contributed by atoms with Crippen molar-refractivity contribution in [1.82, 2.24) is 29.5 Å². The van der Waals surface area contributed by atoms with Crippen LogP contribution in [0.4, 0.5) is 0 Å². The molecule has 5 fully saturated rings. The predicted molar refractivity (Wildman–Crippen MR) is 368 cm³/mol. The van der Waals surface area contributed by atoms with Crippen LogP contribution in [0, 0.1) is 11.8 Å². The van der Waals surface area contributed by atoms with E-state index in [0.29, 0.717) is 57.8 Å². The maximum Gasteiger partial charge on any atom is 0.308 e. The minimum absolute atomic E-state index is 0.00921. The van der Waals surface area contributed by atoms with E-state index in [1.54, 1.807) is 18.0 Å². The highest BCUT2D eigenvalue weighted by Gasteiger charge is 2.24. The van der Waals surface area contributed by atoms with Gasteiger partial charge in [-0.05, 0) is 187 Å². The summed E-state index contributed by atoms with van der Waals surface area (Å²) in [6.07, 6.45) is 15.1. The van der Waals surface area contributed by atoms with Crippen LogP contribution < -0.4 is 11.5 Å². The van der Waals surface area contributed by atoms with Crippen molar-refractivity contribution in [1.29, 1.82) is 0 Å². The van der Waals surface area contributed by atoms with Crippen LogP contribution in [-0.4, -0.2) is 246 Å². The molecule has 0 atom stereocenters. The lowest BCUT2D eigenvalue weighted by atomic mass is 9.99. The maximum atomic E-state index is 11.6. The molecular weight excluding hydrogens is 1180 g/mol. The van der Waals surface area contributed by atoms with E-state index < -0.39 is 0 Å². The molecule has 4 saturated heterocycles. The van der Waals surface area contributed by atoms with Crippen LogP contribution in [-0.2, 0) is 73.2 Å². The third-order valence-corrected chi connectivity index (χ3v) is 14.3. The van der Waals surface area contributed by atoms with Gasteiger partial charge in [-0.1, -0.05) is 39.7 Å². The Morgan fingerprint density at radius 2 is 0.891 bits per heavy atom. The van der Waals surface area contributed by atoms with Gasteiger partial charge in [0.05, 0.1) is 93.5 Å². The first kappa shape index (κ1) is 90.1. The molecule has 4 N–H and O–H groups in total. The molecule has 22 nitrogen and oxygen atoms in total. The summed E-state index contributed by atoms with van der Waals surface area (Å²) in [5.74, 6) is 1.05. The van der Waals surface area contributed by atoms with Gasteiger partial charge in [-0.25, -0.2) is 0 Å². The zero-order valence-electron chi connectivity index (χ0n) is 61.6. The van der Waals surface area contributed by atoms with E-state index >= 15 is 0 Å². The van der Waals surface area contributed by atoms with E-state index in [-0.39, 0.29) is 105 Å². The predicted octanol–water partition coefficient (Wildman–Crippen LogP) is 9.20. The summed E-state index contributed by atoms with van der Waals surface area (Å²) in [4.78, 5) is 70.3. The van der Waals surface area contributed by atoms with E-state index in [9.17, 15) is 24.0 Å². The Morgan fingerprint density at radius 1 is 0.522 bits per heavy atom. The van der Waals surface area contributed by atoms with Gasteiger partial charge in [-0.3, -0.25) is 29.0 Å². The second kappa shape index (κ2) is 56.3. The number of likely N-dealkylation sites (N-methyl/N-ethyl adjacent to an activating group) is 1. The third kappa shape index (κ3) is 54.3. The van der Waals surface area contributed by atoms with Crippen LogP contribution >= 0.6 is 0 Å². The summed E-state index contributed by atoms with van der Waals surface area (Å²) in [6, 6.07) is 6.36. The molecule has 5 heterocycles. The van der Waals surface area contributed by atoms with Gasteiger partial charge >= 0.3 is 5.97 Å². The highest BCUT2D eigenvalue weighted by molar-refractivity contribution is 5.78. The van der Waals surface area contributed by atoms with Crippen molar-refractivity contribution in [2.45, 2.75) is 256 Å². The topological polar surface area (TPSA) is 250 Å². The lowest BCUT2D eigenvalue weighted by Gasteiger charge is -2.30. The maximum absolute atomic E-state index is 11.6. The van der Waals surface area contributed by atoms with E-state index in [1.807, 2.05) is 130 Å². The van der Waals surface area contributed by atoms with Crippen molar-refractivity contribution in [3.05, 3.63) is 30.1 Å². The molecule has 4 aliphatic heterocycles. The number of likely N-dealkylation sites (tertiary alicyclic amines) is 3. The number of rotatable bonds is 23. The van der Waals surface area contributed by atoms with Gasteiger partial charge in [-0.15, -0.1) is 0 Å². The fourth-order valence-corrected chi connectivity index (χ4v) is 8.61. The first-order valence-corrected chi connectivity index (χ1v) is 34.6. The average Bonchev–Trinajstić information content (AvgIpc) is 1.70. The summed E-state index contributed by atoms with van der Waals surface area (Å²) in [5, 5.41) is 0. The number of pyridine rings is 1. The molecule has 0 spiro atoms. The number of carbonyl (C=O) groups excluding carboxylic acids is 5. The van der Waals surface area contributed by atoms with Crippen LogP contribution in [0.25, 0.3) is 0 Å². The number of nitrogens with zero attached hydrogens (tertiary/aromatic N) is 6. The molecule has 1 aliphatic carbocycles. The van der Waals surface area contributed by atoms with Crippen LogP contribution in [0.2, 0.25) is 0 Å². The SMILES string of the molecule is CC(C)OC1CCCC1.CC(C)OCC(=O)N1CCC(N)CC1.CC(C)OCC(=O)N1CCC(N)CC1.CC(C)OCC(=O)N1CCOCC1.CC(C)OCCN(C)C.CC(C)OCc1ccccn1.CC1CCN(C(=O)COC(C)C)CC1.CCOC(=O)C(C)C. The number of nitrogens with two attached hydrogens (primary N) is 2. The third-order valence-electron chi connectivity index (χ3n) is 14.3. The highest BCUT2D eigenvalue weighted by Crippen LogP contribution is 2.22. The van der Waals surface area contributed by atoms with Crippen LogP contribution in [0.1, 0.15) is 195 Å². The number of carbonyl (C=O) groups is 5. The van der Waals surface area contributed by atoms with E-state index in [0.717, 1.165) is 103 Å². The molecule has 0 bridgehead atoms. The van der Waals surface area contributed by atoms with Gasteiger partial charge in [0, 0.05) is 77.2 Å². The van der Waals surface area contributed by atoms with E-state index in [2.05, 4.69) is 49.2 Å². The van der Waals surface area contributed by atoms with Crippen molar-refractivity contribution in [3.8, 4) is 0 Å². The van der Waals surface area contributed by atoms with Gasteiger partial charge in [0.1, 0.15) is 26.4 Å². The molecule has 0 radical (unpaired) electrons. The molecule has 4 amide bonds. The van der Waals surface area contributed by atoms with Gasteiger partial charge < -0.3 is 78.6 Å². The summed E-state index contributed by atoms with van der Waals surface area (Å²) in [6.45, 7) is 46.9. The fourth-order valence-electron chi connectivity index (χ4n) is 8.61. The number of hydrogen-bond donors (Lipinski definition) is 2. The molecule has 22 heteroatoms. The Bertz CT molecular complexity index is 1820. The highest BCUT2D eigenvalue weighted by atomic mass is 16.5. The summed E-state index contributed by atoms with van der Waals surface area (Å²) >= 11 is 0. The number of ether oxygens (including phenoxy) is 9. The molecule has 1 aromatic rings. The van der Waals surface area contributed by atoms with Crippen molar-refractivity contribution < 1.29 is 66.6 Å². The molecule has 0 unspecified atom stereocenters. The zero-order chi connectivity index (χ0) is 70.0. The van der Waals surface area contributed by atoms with Gasteiger partial charge in [-0.2, -0.15) is 0 Å². The largest absolute Gasteiger partial charge is 0.466 e. The number of morpholine rings is 1. The first-order chi connectivity index (χ1) is 43.4. The van der Waals surface area contributed by atoms with Crippen molar-refractivity contribution >= 4 is 29.6 Å². The van der Waals surface area contributed by atoms with Crippen LogP contribution in [0.3, 0.4) is 0 Å². The van der Waals surface area contributed by atoms with E-state index in [4.69, 9.17) is 49.4 Å². The Kier molecular flexibility index (Phi) is 55.1. The standard InChI is InChI=1S/C11H21NO2.2C10H20N2O2.C9H17NO3.C9H13NO.C8H16O.C7H17NO.C6H12O2/c1-9(2)14-8-11(13)12-6-4-10(3)5-7-12;2*1-8(2)14-7-10(13)12-5-3-9(11)4-6-12;1-8(2)13-7-9(11)10-3-5-12-6-4-10;1-8(2)11-7-9-5-3-4-6-10-9;1-7(2)9-8-5-3-4-6-8;1-7(2)9-6-5-8(3)4;1-4-8-6(7)5(2)3/h9-10H,4-8H2,1-3H3;2*8-9H,3-7,11H2,1-2H3;8H,3-7H2,1-2H3;3-6,8H,7H2,1-2H3;7-8H,3-6H2,1-2H3;7H,5-6H2,1-4H3;5H,4H2,1-3H3. The first-order valence-electron chi connectivity index (χ1n) is 34.6. The Hall–Kier alpha value is -3.94. The number of hydrogen-bond acceptors (Lipinski definition) is 18. The Balaban J connectivity index is 0. The summed E-state index contributed by atoms with van der Waals surface area (Å²) in [7, 11) is 4.09. The molecule has 5 aliphatic rings. The average molecular weight is 1310 g/mol. The molecule has 0 aromatic carbocycles. The van der Waals surface area contributed by atoms with Crippen molar-refractivity contribution in [2.24, 2.45) is 23.3 Å². The Labute approximate surface area is 559 Å². The molecule has 6 rings (SSSR count). The number of esters is 1. The van der Waals surface area contributed by atoms with Gasteiger partial charge in [0.15, 0.2) is 0 Å². The minimum atomic E-state index is -0.118. The lowest BCUT2D eigenvalue weighted by molar-refractivity contribution is -0.146. The fraction of sp³-hybridized carbons (Fsp3) is 0.857. The molecular formula is C70H136N8O14. The molecule has 1 saturated carbocycles. The zero-order valence-corrected chi connectivity index (χ0v) is 61.6.